The lowest BCUT2D eigenvalue weighted by molar-refractivity contribution is -0.130. The highest BCUT2D eigenvalue weighted by atomic mass is 35.5. The molecule has 0 bridgehead atoms. The second kappa shape index (κ2) is 9.29. The lowest BCUT2D eigenvalue weighted by Gasteiger charge is -2.30. The van der Waals surface area contributed by atoms with Gasteiger partial charge in [0.05, 0.1) is 5.02 Å². The van der Waals surface area contributed by atoms with Crippen LogP contribution in [0.15, 0.2) is 98.1 Å². The third kappa shape index (κ3) is 3.70. The van der Waals surface area contributed by atoms with E-state index in [0.717, 1.165) is 12.2 Å². The van der Waals surface area contributed by atoms with Crippen molar-refractivity contribution >= 4 is 40.1 Å². The van der Waals surface area contributed by atoms with E-state index in [9.17, 15) is 14.4 Å². The van der Waals surface area contributed by atoms with Crippen LogP contribution in [0.1, 0.15) is 38.5 Å². The number of esters is 2. The third-order valence-electron chi connectivity index (χ3n) is 6.16. The van der Waals surface area contributed by atoms with Crippen LogP contribution in [0.3, 0.4) is 0 Å². The van der Waals surface area contributed by atoms with Crippen LogP contribution >= 0.6 is 11.6 Å². The van der Waals surface area contributed by atoms with E-state index in [-0.39, 0.29) is 22.3 Å². The summed E-state index contributed by atoms with van der Waals surface area (Å²) in [6, 6.07) is 21.4. The van der Waals surface area contributed by atoms with Crippen molar-refractivity contribution in [1.82, 2.24) is 0 Å². The Labute approximate surface area is 212 Å². The highest BCUT2D eigenvalue weighted by Crippen LogP contribution is 2.52. The van der Waals surface area contributed by atoms with Crippen LogP contribution in [-0.2, 0) is 9.59 Å². The summed E-state index contributed by atoms with van der Waals surface area (Å²) in [6.07, 6.45) is 2.10. The highest BCUT2D eigenvalue weighted by Gasteiger charge is 2.37. The smallest absolute Gasteiger partial charge is 0.335 e. The maximum Gasteiger partial charge on any atom is 0.335 e. The van der Waals surface area contributed by atoms with Crippen LogP contribution in [0.5, 0.6) is 11.5 Å². The van der Waals surface area contributed by atoms with Crippen molar-refractivity contribution in [3.05, 3.63) is 131 Å². The molecule has 0 atom stereocenters. The van der Waals surface area contributed by atoms with Crippen molar-refractivity contribution in [2.24, 2.45) is 0 Å². The Morgan fingerprint density at radius 3 is 1.69 bits per heavy atom. The zero-order chi connectivity index (χ0) is 25.4. The van der Waals surface area contributed by atoms with Gasteiger partial charge in [0.25, 0.3) is 0 Å². The van der Waals surface area contributed by atoms with E-state index in [2.05, 4.69) is 13.2 Å². The Hall–Kier alpha value is -4.48. The van der Waals surface area contributed by atoms with Gasteiger partial charge < -0.3 is 9.47 Å². The lowest BCUT2D eigenvalue weighted by Crippen LogP contribution is -2.22. The Morgan fingerprint density at radius 1 is 0.722 bits per heavy atom. The summed E-state index contributed by atoms with van der Waals surface area (Å²) < 4.78 is 11.4. The fourth-order valence-electron chi connectivity index (χ4n) is 4.65. The first-order chi connectivity index (χ1) is 17.5. The quantitative estimate of drug-likeness (QED) is 0.161. The van der Waals surface area contributed by atoms with Gasteiger partial charge in [0.1, 0.15) is 5.75 Å². The molecule has 0 saturated carbocycles. The van der Waals surface area contributed by atoms with Crippen molar-refractivity contribution in [1.29, 1.82) is 0 Å². The van der Waals surface area contributed by atoms with Crippen LogP contribution < -0.4 is 9.47 Å². The second-order valence-electron chi connectivity index (χ2n) is 8.12. The first-order valence-electron chi connectivity index (χ1n) is 11.1. The predicted molar refractivity (Wildman–Crippen MR) is 138 cm³/mol. The number of halogens is 1. The molecule has 6 heteroatoms. The van der Waals surface area contributed by atoms with Gasteiger partial charge in [-0.2, -0.15) is 0 Å². The monoisotopic (exact) mass is 494 g/mol. The predicted octanol–water partition coefficient (Wildman–Crippen LogP) is 6.40. The highest BCUT2D eigenvalue weighted by molar-refractivity contribution is 6.35. The van der Waals surface area contributed by atoms with Crippen LogP contribution in [0, 0.1) is 0 Å². The maximum atomic E-state index is 13.3. The fourth-order valence-corrected chi connectivity index (χ4v) is 4.99. The second-order valence-corrected chi connectivity index (χ2v) is 8.50. The third-order valence-corrected chi connectivity index (χ3v) is 6.53. The van der Waals surface area contributed by atoms with Gasteiger partial charge in [-0.15, -0.1) is 0 Å². The molecule has 0 heterocycles. The van der Waals surface area contributed by atoms with Crippen molar-refractivity contribution < 1.29 is 23.9 Å². The molecule has 5 rings (SSSR count). The standard InChI is InChI=1S/C30H19ClO5/c1-3-23(32)35-29-21-15-9-10-16-22(21)30(36-24(33)4-2)27(31)26(29)25-17-11-5-7-13-19(17)28(34)20-14-8-6-12-18(20)25/h3-16,25H,1-2H2. The van der Waals surface area contributed by atoms with Crippen LogP contribution in [0.2, 0.25) is 5.02 Å². The summed E-state index contributed by atoms with van der Waals surface area (Å²) >= 11 is 7.01. The average Bonchev–Trinajstić information content (AvgIpc) is 2.92. The molecule has 0 unspecified atom stereocenters. The van der Waals surface area contributed by atoms with Gasteiger partial charge in [-0.25, -0.2) is 9.59 Å². The van der Waals surface area contributed by atoms with Gasteiger partial charge in [0, 0.05) is 45.5 Å². The summed E-state index contributed by atoms with van der Waals surface area (Å²) in [6.45, 7) is 7.00. The molecule has 0 aliphatic heterocycles. The molecule has 0 aromatic heterocycles. The van der Waals surface area contributed by atoms with Crippen molar-refractivity contribution in [2.45, 2.75) is 5.92 Å². The number of rotatable bonds is 5. The van der Waals surface area contributed by atoms with Crippen molar-refractivity contribution in [2.75, 3.05) is 0 Å². The molecule has 176 valence electrons. The molecule has 0 N–H and O–H groups in total. The summed E-state index contributed by atoms with van der Waals surface area (Å²) in [5, 5.41) is 1.06. The molecule has 0 saturated heterocycles. The fraction of sp³-hybridized carbons (Fsp3) is 0.0333. The summed E-state index contributed by atoms with van der Waals surface area (Å²) in [7, 11) is 0. The van der Waals surface area contributed by atoms with E-state index < -0.39 is 17.9 Å². The number of hydrogen-bond acceptors (Lipinski definition) is 5. The number of fused-ring (bicyclic) bond motifs is 3. The molecule has 0 spiro atoms. The summed E-state index contributed by atoms with van der Waals surface area (Å²) in [5.74, 6) is -1.77. The largest absolute Gasteiger partial charge is 0.422 e. The Kier molecular flexibility index (Phi) is 6.00. The molecular formula is C30H19ClO5. The van der Waals surface area contributed by atoms with Gasteiger partial charge in [-0.1, -0.05) is 97.6 Å². The minimum absolute atomic E-state index is 0.0831. The zero-order valence-electron chi connectivity index (χ0n) is 19.0. The molecule has 0 radical (unpaired) electrons. The van der Waals surface area contributed by atoms with Gasteiger partial charge in [0.2, 0.25) is 0 Å². The first kappa shape index (κ1) is 23.3. The van der Waals surface area contributed by atoms with E-state index in [1.54, 1.807) is 48.5 Å². The number of ether oxygens (including phenoxy) is 2. The molecular weight excluding hydrogens is 476 g/mol. The molecule has 36 heavy (non-hydrogen) atoms. The molecule has 4 aromatic rings. The van der Waals surface area contributed by atoms with Crippen LogP contribution in [0.4, 0.5) is 0 Å². The van der Waals surface area contributed by atoms with E-state index >= 15 is 0 Å². The van der Waals surface area contributed by atoms with E-state index in [0.29, 0.717) is 38.6 Å². The Balaban J connectivity index is 1.93. The van der Waals surface area contributed by atoms with Gasteiger partial charge in [-0.05, 0) is 11.1 Å². The molecule has 0 amide bonds. The molecule has 0 fully saturated rings. The number of hydrogen-bond donors (Lipinski definition) is 0. The molecule has 1 aliphatic rings. The van der Waals surface area contributed by atoms with E-state index in [4.69, 9.17) is 21.1 Å². The first-order valence-corrected chi connectivity index (χ1v) is 11.5. The SMILES string of the molecule is C=CC(=O)Oc1c(Cl)c(C2c3ccccc3C(=O)c3ccccc32)c(OC(=O)C=C)c2ccccc12. The van der Waals surface area contributed by atoms with Gasteiger partial charge >= 0.3 is 11.9 Å². The number of benzene rings is 4. The van der Waals surface area contributed by atoms with Crippen molar-refractivity contribution in [3.8, 4) is 11.5 Å². The lowest BCUT2D eigenvalue weighted by atomic mass is 9.73. The Bertz CT molecular complexity index is 1550. The zero-order valence-corrected chi connectivity index (χ0v) is 19.7. The maximum absolute atomic E-state index is 13.3. The number of ketones is 1. The van der Waals surface area contributed by atoms with Gasteiger partial charge in [-0.3, -0.25) is 4.79 Å². The minimum atomic E-state index is -0.691. The van der Waals surface area contributed by atoms with E-state index in [1.807, 2.05) is 24.3 Å². The molecule has 1 aliphatic carbocycles. The van der Waals surface area contributed by atoms with Crippen LogP contribution in [-0.4, -0.2) is 17.7 Å². The summed E-state index contributed by atoms with van der Waals surface area (Å²) in [5.41, 5.74) is 2.79. The minimum Gasteiger partial charge on any atom is -0.422 e. The topological polar surface area (TPSA) is 69.7 Å². The van der Waals surface area contributed by atoms with E-state index in [1.165, 1.54) is 0 Å². The average molecular weight is 495 g/mol. The molecule has 4 aromatic carbocycles. The number of carbonyl (C=O) groups is 3. The van der Waals surface area contributed by atoms with Crippen molar-refractivity contribution in [3.63, 3.8) is 0 Å². The summed E-state index contributed by atoms with van der Waals surface area (Å²) in [4.78, 5) is 38.1. The van der Waals surface area contributed by atoms with Gasteiger partial charge in [0.15, 0.2) is 11.5 Å². The normalized spacial score (nSPS) is 12.4. The number of carbonyl (C=O) groups excluding carboxylic acids is 3. The molecule has 5 nitrogen and oxygen atoms in total. The van der Waals surface area contributed by atoms with Crippen LogP contribution in [0.25, 0.3) is 10.8 Å². The Morgan fingerprint density at radius 2 is 1.17 bits per heavy atom.